The van der Waals surface area contributed by atoms with Crippen LogP contribution in [-0.2, 0) is 0 Å². The minimum absolute atomic E-state index is 0.300. The number of rotatable bonds is 3. The molecule has 26 heavy (non-hydrogen) atoms. The Morgan fingerprint density at radius 3 is 2.54 bits per heavy atom. The fourth-order valence-corrected chi connectivity index (χ4v) is 3.30. The molecule has 0 fully saturated rings. The third-order valence-electron chi connectivity index (χ3n) is 3.79. The van der Waals surface area contributed by atoms with Gasteiger partial charge in [-0.3, -0.25) is 9.89 Å². The molecule has 2 aromatic carbocycles. The molecular weight excluding hydrogens is 346 g/mol. The van der Waals surface area contributed by atoms with Crippen molar-refractivity contribution >= 4 is 17.2 Å². The van der Waals surface area contributed by atoms with E-state index < -0.39 is 0 Å². The van der Waals surface area contributed by atoms with Crippen molar-refractivity contribution < 1.29 is 4.79 Å². The lowest BCUT2D eigenvalue weighted by atomic mass is 10.2. The summed E-state index contributed by atoms with van der Waals surface area (Å²) in [5.41, 5.74) is 3.32. The molecule has 0 spiro atoms. The van der Waals surface area contributed by atoms with E-state index in [1.165, 1.54) is 11.3 Å². The van der Waals surface area contributed by atoms with Crippen molar-refractivity contribution in [1.29, 1.82) is 0 Å². The molecule has 0 aliphatic heterocycles. The van der Waals surface area contributed by atoms with Gasteiger partial charge in [0.25, 0.3) is 5.91 Å². The number of aromatic amines is 1. The van der Waals surface area contributed by atoms with E-state index in [9.17, 15) is 4.79 Å². The fraction of sp³-hybridized carbons (Fsp3) is 0.0526. The zero-order valence-corrected chi connectivity index (χ0v) is 14.8. The van der Waals surface area contributed by atoms with Crippen LogP contribution in [0.1, 0.15) is 15.9 Å². The van der Waals surface area contributed by atoms with Crippen LogP contribution in [0.3, 0.4) is 0 Å². The van der Waals surface area contributed by atoms with Crippen molar-refractivity contribution in [3.63, 3.8) is 0 Å². The standard InChI is InChI=1S/C19H15N5OS/c1-13-7-9-15(10-8-13)24-19(21-17(25)14-5-3-2-4-6-14)26-18(23-24)16-11-12-20-22-16/h2-12H,1H3,(H,20,22). The number of aryl methyl sites for hydroxylation is 1. The normalized spacial score (nSPS) is 11.7. The van der Waals surface area contributed by atoms with Crippen LogP contribution in [0.15, 0.2) is 71.9 Å². The first-order valence-corrected chi connectivity index (χ1v) is 8.83. The Kier molecular flexibility index (Phi) is 4.28. The van der Waals surface area contributed by atoms with Crippen LogP contribution in [0, 0.1) is 6.92 Å². The summed E-state index contributed by atoms with van der Waals surface area (Å²) in [4.78, 5) is 17.3. The molecule has 4 aromatic rings. The lowest BCUT2D eigenvalue weighted by Crippen LogP contribution is -2.16. The van der Waals surface area contributed by atoms with E-state index >= 15 is 0 Å². The molecule has 2 heterocycles. The third-order valence-corrected chi connectivity index (χ3v) is 4.73. The highest BCUT2D eigenvalue weighted by atomic mass is 32.1. The predicted octanol–water partition coefficient (Wildman–Crippen LogP) is 3.37. The number of hydrogen-bond acceptors (Lipinski definition) is 4. The van der Waals surface area contributed by atoms with Crippen LogP contribution >= 0.6 is 11.3 Å². The number of hydrogen-bond donors (Lipinski definition) is 1. The van der Waals surface area contributed by atoms with Crippen molar-refractivity contribution in [2.45, 2.75) is 6.92 Å². The van der Waals surface area contributed by atoms with Gasteiger partial charge in [-0.2, -0.15) is 15.2 Å². The molecule has 0 saturated heterocycles. The maximum Gasteiger partial charge on any atom is 0.279 e. The van der Waals surface area contributed by atoms with Crippen molar-refractivity contribution in [1.82, 2.24) is 20.0 Å². The maximum absolute atomic E-state index is 12.5. The van der Waals surface area contributed by atoms with Crippen LogP contribution in [0.25, 0.3) is 16.4 Å². The highest BCUT2D eigenvalue weighted by molar-refractivity contribution is 7.12. The first-order valence-electron chi connectivity index (χ1n) is 8.02. The quantitative estimate of drug-likeness (QED) is 0.608. The number of nitrogens with one attached hydrogen (secondary N) is 1. The molecule has 0 saturated carbocycles. The largest absolute Gasteiger partial charge is 0.279 e. The van der Waals surface area contributed by atoms with Crippen molar-refractivity contribution in [2.24, 2.45) is 4.99 Å². The van der Waals surface area contributed by atoms with Gasteiger partial charge in [0.1, 0.15) is 0 Å². The minimum Gasteiger partial charge on any atom is -0.275 e. The highest BCUT2D eigenvalue weighted by Gasteiger charge is 2.12. The average Bonchev–Trinajstić information content (AvgIpc) is 3.33. The van der Waals surface area contributed by atoms with Crippen LogP contribution in [0.5, 0.6) is 0 Å². The van der Waals surface area contributed by atoms with E-state index in [-0.39, 0.29) is 5.91 Å². The summed E-state index contributed by atoms with van der Waals surface area (Å²) in [5, 5.41) is 12.2. The van der Waals surface area contributed by atoms with Crippen molar-refractivity contribution in [3.05, 3.63) is 82.8 Å². The molecule has 0 unspecified atom stereocenters. The van der Waals surface area contributed by atoms with E-state index in [1.54, 1.807) is 23.0 Å². The summed E-state index contributed by atoms with van der Waals surface area (Å²) >= 11 is 1.33. The SMILES string of the molecule is Cc1ccc(-n2nc(-c3ccn[nH]3)sc2=NC(=O)c2ccccc2)cc1. The Bertz CT molecular complexity index is 1090. The van der Waals surface area contributed by atoms with Gasteiger partial charge in [0, 0.05) is 11.8 Å². The summed E-state index contributed by atoms with van der Waals surface area (Å²) in [6, 6.07) is 18.8. The topological polar surface area (TPSA) is 75.9 Å². The van der Waals surface area contributed by atoms with Crippen LogP contribution in [-0.4, -0.2) is 25.9 Å². The molecule has 6 nitrogen and oxygen atoms in total. The monoisotopic (exact) mass is 361 g/mol. The van der Waals surface area contributed by atoms with Gasteiger partial charge >= 0.3 is 0 Å². The highest BCUT2D eigenvalue weighted by Crippen LogP contribution is 2.18. The zero-order valence-electron chi connectivity index (χ0n) is 14.0. The fourth-order valence-electron chi connectivity index (χ4n) is 2.42. The first-order chi connectivity index (χ1) is 12.7. The Morgan fingerprint density at radius 2 is 1.85 bits per heavy atom. The molecule has 0 radical (unpaired) electrons. The summed E-state index contributed by atoms with van der Waals surface area (Å²) in [6.45, 7) is 2.02. The number of nitrogens with zero attached hydrogens (tertiary/aromatic N) is 4. The second kappa shape index (κ2) is 6.89. The van der Waals surface area contributed by atoms with Gasteiger partial charge < -0.3 is 0 Å². The van der Waals surface area contributed by atoms with E-state index in [0.717, 1.165) is 16.9 Å². The van der Waals surface area contributed by atoms with Crippen molar-refractivity contribution in [3.8, 4) is 16.4 Å². The summed E-state index contributed by atoms with van der Waals surface area (Å²) in [6.07, 6.45) is 1.67. The number of amides is 1. The Balaban J connectivity index is 1.85. The van der Waals surface area contributed by atoms with Gasteiger partial charge in [0.05, 0.1) is 11.4 Å². The summed E-state index contributed by atoms with van der Waals surface area (Å²) in [7, 11) is 0. The zero-order chi connectivity index (χ0) is 17.9. The minimum atomic E-state index is -0.300. The van der Waals surface area contributed by atoms with Gasteiger partial charge in [-0.05, 0) is 37.3 Å². The molecule has 1 N–H and O–H groups in total. The Hall–Kier alpha value is -3.32. The molecule has 1 amide bonds. The number of carbonyl (C=O) groups is 1. The van der Waals surface area contributed by atoms with E-state index in [4.69, 9.17) is 0 Å². The number of benzene rings is 2. The van der Waals surface area contributed by atoms with Crippen LogP contribution in [0.4, 0.5) is 0 Å². The Labute approximate surface area is 153 Å². The molecule has 0 aliphatic carbocycles. The van der Waals surface area contributed by atoms with E-state index in [1.807, 2.05) is 55.5 Å². The van der Waals surface area contributed by atoms with E-state index in [2.05, 4.69) is 20.3 Å². The van der Waals surface area contributed by atoms with Gasteiger partial charge in [-0.25, -0.2) is 4.68 Å². The average molecular weight is 361 g/mol. The molecule has 0 atom stereocenters. The first kappa shape index (κ1) is 16.2. The second-order valence-electron chi connectivity index (χ2n) is 5.69. The second-order valence-corrected chi connectivity index (χ2v) is 6.65. The Morgan fingerprint density at radius 1 is 1.08 bits per heavy atom. The predicted molar refractivity (Wildman–Crippen MR) is 100 cm³/mol. The summed E-state index contributed by atoms with van der Waals surface area (Å²) < 4.78 is 1.68. The van der Waals surface area contributed by atoms with E-state index in [0.29, 0.717) is 15.4 Å². The third kappa shape index (κ3) is 3.25. The molecule has 128 valence electrons. The van der Waals surface area contributed by atoms with Gasteiger partial charge in [0.2, 0.25) is 4.80 Å². The molecule has 0 bridgehead atoms. The van der Waals surface area contributed by atoms with Crippen LogP contribution in [0.2, 0.25) is 0 Å². The molecular formula is C19H15N5OS. The molecule has 4 rings (SSSR count). The lowest BCUT2D eigenvalue weighted by molar-refractivity contribution is 0.0998. The van der Waals surface area contributed by atoms with Crippen LogP contribution < -0.4 is 4.80 Å². The summed E-state index contributed by atoms with van der Waals surface area (Å²) in [5.74, 6) is -0.300. The molecule has 2 aromatic heterocycles. The number of aromatic nitrogens is 4. The maximum atomic E-state index is 12.5. The van der Waals surface area contributed by atoms with Crippen molar-refractivity contribution in [2.75, 3.05) is 0 Å². The van der Waals surface area contributed by atoms with Gasteiger partial charge in [-0.1, -0.05) is 47.2 Å². The molecule has 7 heteroatoms. The molecule has 0 aliphatic rings. The smallest absolute Gasteiger partial charge is 0.275 e. The van der Waals surface area contributed by atoms with Gasteiger partial charge in [0.15, 0.2) is 5.01 Å². The lowest BCUT2D eigenvalue weighted by Gasteiger charge is -2.01. The number of H-pyrrole nitrogens is 1. The number of carbonyl (C=O) groups excluding carboxylic acids is 1. The van der Waals surface area contributed by atoms with Gasteiger partial charge in [-0.15, -0.1) is 0 Å².